The minimum absolute atomic E-state index is 0.0185. The van der Waals surface area contributed by atoms with Gasteiger partial charge >= 0.3 is 5.97 Å². The molecule has 0 heterocycles. The summed E-state index contributed by atoms with van der Waals surface area (Å²) in [7, 11) is 0. The minimum Gasteiger partial charge on any atom is -0.465 e. The molecule has 0 N–H and O–H groups in total. The molecule has 1 aliphatic rings. The van der Waals surface area contributed by atoms with Crippen LogP contribution in [-0.4, -0.2) is 18.4 Å². The van der Waals surface area contributed by atoms with E-state index in [9.17, 15) is 9.59 Å². The van der Waals surface area contributed by atoms with Crippen molar-refractivity contribution < 1.29 is 14.3 Å². The van der Waals surface area contributed by atoms with E-state index in [4.69, 9.17) is 4.74 Å². The lowest BCUT2D eigenvalue weighted by molar-refractivity contribution is -0.155. The number of hydrogen-bond donors (Lipinski definition) is 0. The van der Waals surface area contributed by atoms with E-state index in [2.05, 4.69) is 9.85 Å². The Kier molecular flexibility index (Phi) is 5.81. The van der Waals surface area contributed by atoms with Crippen molar-refractivity contribution >= 4 is 34.3 Å². The second kappa shape index (κ2) is 6.89. The van der Waals surface area contributed by atoms with Gasteiger partial charge in [0.05, 0.1) is 6.61 Å². The molecule has 16 heavy (non-hydrogen) atoms. The Balaban J connectivity index is 2.73. The number of halogens is 1. The number of carbonyl (C=O) groups excluding carboxylic acids is 2. The minimum atomic E-state index is -0.578. The van der Waals surface area contributed by atoms with Gasteiger partial charge in [-0.3, -0.25) is 9.59 Å². The monoisotopic (exact) mass is 334 g/mol. The van der Waals surface area contributed by atoms with Gasteiger partial charge in [0.1, 0.15) is 11.7 Å². The summed E-state index contributed by atoms with van der Waals surface area (Å²) in [6.07, 6.45) is 2.86. The molecule has 0 aromatic rings. The lowest BCUT2D eigenvalue weighted by atomic mass is 9.77. The summed E-state index contributed by atoms with van der Waals surface area (Å²) >= 11 is 1.97. The van der Waals surface area contributed by atoms with E-state index in [1.54, 1.807) is 6.92 Å². The van der Waals surface area contributed by atoms with Gasteiger partial charge in [-0.1, -0.05) is 5.92 Å². The molecular formula is C12H15IO3. The molecule has 0 saturated heterocycles. The van der Waals surface area contributed by atoms with E-state index < -0.39 is 5.92 Å². The van der Waals surface area contributed by atoms with Crippen molar-refractivity contribution in [1.82, 2.24) is 0 Å². The van der Waals surface area contributed by atoms with Gasteiger partial charge in [0.2, 0.25) is 0 Å². The van der Waals surface area contributed by atoms with Crippen LogP contribution in [0.5, 0.6) is 0 Å². The number of ether oxygens (including phenoxy) is 1. The number of ketones is 1. The molecule has 1 rings (SSSR count). The molecule has 0 amide bonds. The number of Topliss-reactive ketones (excluding diaryl/α,β-unsaturated/α-hetero) is 1. The van der Waals surface area contributed by atoms with Crippen LogP contribution in [0.3, 0.4) is 0 Å². The van der Waals surface area contributed by atoms with Crippen LogP contribution in [0, 0.1) is 21.7 Å². The van der Waals surface area contributed by atoms with Gasteiger partial charge in [-0.05, 0) is 29.6 Å². The molecule has 1 fully saturated rings. The van der Waals surface area contributed by atoms with E-state index >= 15 is 0 Å². The first-order chi connectivity index (χ1) is 7.70. The molecular weight excluding hydrogens is 319 g/mol. The molecule has 1 aliphatic carbocycles. The Morgan fingerprint density at radius 2 is 2.38 bits per heavy atom. The third kappa shape index (κ3) is 3.48. The molecule has 0 aliphatic heterocycles. The smallest absolute Gasteiger partial charge is 0.316 e. The molecule has 2 unspecified atom stereocenters. The predicted molar refractivity (Wildman–Crippen MR) is 68.9 cm³/mol. The maximum absolute atomic E-state index is 11.7. The average Bonchev–Trinajstić information content (AvgIpc) is 2.26. The maximum Gasteiger partial charge on any atom is 0.316 e. The Morgan fingerprint density at radius 3 is 3.00 bits per heavy atom. The average molecular weight is 334 g/mol. The summed E-state index contributed by atoms with van der Waals surface area (Å²) in [5, 5.41) is 0. The molecule has 3 nitrogen and oxygen atoms in total. The van der Waals surface area contributed by atoms with Gasteiger partial charge in [-0.15, -0.1) is 0 Å². The number of rotatable bonds is 3. The standard InChI is InChI=1S/C12H15IO3/c1-2-16-12(15)11-9(6-4-8-13)5-3-7-10(11)14/h9,11H,2-3,5-7H2,1H3. The molecule has 2 atom stereocenters. The molecule has 0 aromatic heterocycles. The van der Waals surface area contributed by atoms with Crippen LogP contribution in [0.15, 0.2) is 0 Å². The van der Waals surface area contributed by atoms with Crippen molar-refractivity contribution in [3.8, 4) is 9.85 Å². The lowest BCUT2D eigenvalue weighted by Crippen LogP contribution is -2.36. The van der Waals surface area contributed by atoms with Crippen LogP contribution < -0.4 is 0 Å². The molecule has 0 aromatic carbocycles. The number of hydrogen-bond acceptors (Lipinski definition) is 3. The maximum atomic E-state index is 11.7. The quantitative estimate of drug-likeness (QED) is 0.344. The highest BCUT2D eigenvalue weighted by molar-refractivity contribution is 14.1. The summed E-state index contributed by atoms with van der Waals surface area (Å²) in [5.41, 5.74) is 0. The zero-order valence-corrected chi connectivity index (χ0v) is 11.5. The fraction of sp³-hybridized carbons (Fsp3) is 0.667. The Labute approximate surface area is 109 Å². The summed E-state index contributed by atoms with van der Waals surface area (Å²) in [6.45, 7) is 2.08. The first kappa shape index (κ1) is 13.5. The second-order valence-electron chi connectivity index (χ2n) is 3.82. The second-order valence-corrected chi connectivity index (χ2v) is 4.36. The van der Waals surface area contributed by atoms with Crippen LogP contribution >= 0.6 is 22.6 Å². The zero-order chi connectivity index (χ0) is 12.0. The Hall–Kier alpha value is -0.570. The summed E-state index contributed by atoms with van der Waals surface area (Å²) in [4.78, 5) is 23.4. The van der Waals surface area contributed by atoms with Crippen LogP contribution in [0.1, 0.15) is 32.6 Å². The topological polar surface area (TPSA) is 43.4 Å². The van der Waals surface area contributed by atoms with Gasteiger partial charge in [0.15, 0.2) is 0 Å². The largest absolute Gasteiger partial charge is 0.465 e. The fourth-order valence-corrected chi connectivity index (χ4v) is 2.29. The summed E-state index contributed by atoms with van der Waals surface area (Å²) < 4.78 is 7.73. The van der Waals surface area contributed by atoms with E-state index in [0.29, 0.717) is 19.4 Å². The SMILES string of the molecule is CCOC(=O)C1C(=O)CCCC1CC#CI. The molecule has 88 valence electrons. The van der Waals surface area contributed by atoms with Crippen molar-refractivity contribution in [3.63, 3.8) is 0 Å². The van der Waals surface area contributed by atoms with Crippen LogP contribution in [0.4, 0.5) is 0 Å². The van der Waals surface area contributed by atoms with Crippen molar-refractivity contribution in [2.75, 3.05) is 6.61 Å². The van der Waals surface area contributed by atoms with Gasteiger partial charge < -0.3 is 4.74 Å². The Bertz CT molecular complexity index is 327. The van der Waals surface area contributed by atoms with Gasteiger partial charge in [0, 0.05) is 35.4 Å². The predicted octanol–water partition coefficient (Wildman–Crippen LogP) is 2.32. The first-order valence-electron chi connectivity index (χ1n) is 5.48. The van der Waals surface area contributed by atoms with Crippen molar-refractivity contribution in [2.24, 2.45) is 11.8 Å². The van der Waals surface area contributed by atoms with Crippen molar-refractivity contribution in [2.45, 2.75) is 32.6 Å². The summed E-state index contributed by atoms with van der Waals surface area (Å²) in [5.74, 6) is 2.06. The third-order valence-corrected chi connectivity index (χ3v) is 3.17. The zero-order valence-electron chi connectivity index (χ0n) is 9.29. The van der Waals surface area contributed by atoms with Crippen LogP contribution in [-0.2, 0) is 14.3 Å². The van der Waals surface area contributed by atoms with Crippen LogP contribution in [0.2, 0.25) is 0 Å². The molecule has 0 bridgehead atoms. The molecule has 4 heteroatoms. The first-order valence-corrected chi connectivity index (χ1v) is 6.56. The van der Waals surface area contributed by atoms with E-state index in [1.165, 1.54) is 0 Å². The highest BCUT2D eigenvalue weighted by Gasteiger charge is 2.37. The summed E-state index contributed by atoms with van der Waals surface area (Å²) in [6, 6.07) is 0. The Morgan fingerprint density at radius 1 is 1.62 bits per heavy atom. The van der Waals surface area contributed by atoms with Crippen LogP contribution in [0.25, 0.3) is 0 Å². The van der Waals surface area contributed by atoms with Crippen molar-refractivity contribution in [3.05, 3.63) is 0 Å². The normalized spacial score (nSPS) is 24.5. The number of carbonyl (C=O) groups is 2. The van der Waals surface area contributed by atoms with Gasteiger partial charge in [-0.25, -0.2) is 0 Å². The van der Waals surface area contributed by atoms with Gasteiger partial charge in [0.25, 0.3) is 0 Å². The van der Waals surface area contributed by atoms with E-state index in [0.717, 1.165) is 12.8 Å². The third-order valence-electron chi connectivity index (χ3n) is 2.79. The van der Waals surface area contributed by atoms with E-state index in [1.807, 2.05) is 22.6 Å². The molecule has 0 radical (unpaired) electrons. The van der Waals surface area contributed by atoms with E-state index in [-0.39, 0.29) is 17.7 Å². The highest BCUT2D eigenvalue weighted by Crippen LogP contribution is 2.30. The van der Waals surface area contributed by atoms with Gasteiger partial charge in [-0.2, -0.15) is 0 Å². The lowest BCUT2D eigenvalue weighted by Gasteiger charge is -2.27. The molecule has 0 spiro atoms. The fourth-order valence-electron chi connectivity index (χ4n) is 2.07. The van der Waals surface area contributed by atoms with Crippen molar-refractivity contribution in [1.29, 1.82) is 0 Å². The number of esters is 1. The molecule has 1 saturated carbocycles. The highest BCUT2D eigenvalue weighted by atomic mass is 127.